The van der Waals surface area contributed by atoms with Crippen molar-refractivity contribution in [2.75, 3.05) is 38.7 Å². The van der Waals surface area contributed by atoms with Crippen LogP contribution in [-0.2, 0) is 22.4 Å². The van der Waals surface area contributed by atoms with Gasteiger partial charge in [-0.25, -0.2) is 0 Å². The third-order valence-corrected chi connectivity index (χ3v) is 8.32. The van der Waals surface area contributed by atoms with Gasteiger partial charge >= 0.3 is 0 Å². The number of ether oxygens (including phenoxy) is 1. The number of hydrogen-bond acceptors (Lipinski definition) is 6. The van der Waals surface area contributed by atoms with Gasteiger partial charge in [0.05, 0.1) is 16.4 Å². The monoisotopic (exact) mass is 489 g/mol. The largest absolute Gasteiger partial charge is 0.385 e. The minimum absolute atomic E-state index is 0.00906. The van der Waals surface area contributed by atoms with Crippen molar-refractivity contribution in [2.45, 2.75) is 44.9 Å². The van der Waals surface area contributed by atoms with Crippen molar-refractivity contribution < 1.29 is 19.1 Å². The van der Waals surface area contributed by atoms with Crippen molar-refractivity contribution in [3.05, 3.63) is 38.4 Å². The molecule has 0 aromatic carbocycles. The van der Waals surface area contributed by atoms with Crippen LogP contribution in [0.25, 0.3) is 0 Å². The number of thiophene rings is 2. The zero-order valence-electron chi connectivity index (χ0n) is 19.0. The van der Waals surface area contributed by atoms with E-state index >= 15 is 0 Å². The Hall–Kier alpha value is -2.23. The molecule has 0 spiro atoms. The van der Waals surface area contributed by atoms with Crippen LogP contribution in [-0.4, -0.2) is 56.0 Å². The Morgan fingerprint density at radius 1 is 1.21 bits per heavy atom. The maximum absolute atomic E-state index is 13.2. The van der Waals surface area contributed by atoms with E-state index in [4.69, 9.17) is 4.74 Å². The van der Waals surface area contributed by atoms with E-state index in [9.17, 15) is 14.4 Å². The highest BCUT2D eigenvalue weighted by Crippen LogP contribution is 2.38. The molecular weight excluding hydrogens is 458 g/mol. The van der Waals surface area contributed by atoms with Gasteiger partial charge in [0.1, 0.15) is 5.00 Å². The smallest absolute Gasteiger partial charge is 0.263 e. The second-order valence-electron chi connectivity index (χ2n) is 8.57. The highest BCUT2D eigenvalue weighted by molar-refractivity contribution is 7.17. The second-order valence-corrected chi connectivity index (χ2v) is 10.6. The molecular formula is C24H31N3O4S2. The number of hydrogen-bond donors (Lipinski definition) is 2. The first-order valence-corrected chi connectivity index (χ1v) is 13.3. The Morgan fingerprint density at radius 3 is 2.85 bits per heavy atom. The van der Waals surface area contributed by atoms with E-state index in [1.165, 1.54) is 27.6 Å². The highest BCUT2D eigenvalue weighted by Gasteiger charge is 2.32. The predicted octanol–water partition coefficient (Wildman–Crippen LogP) is 3.95. The van der Waals surface area contributed by atoms with Crippen LogP contribution in [0, 0.1) is 5.92 Å². The first-order valence-electron chi connectivity index (χ1n) is 11.6. The minimum Gasteiger partial charge on any atom is -0.385 e. The molecule has 0 radical (unpaired) electrons. The molecule has 2 N–H and O–H groups in total. The Labute approximate surface area is 202 Å². The lowest BCUT2D eigenvalue weighted by atomic mass is 9.94. The SMILES string of the molecule is COCCCNC(=O)c1c(NC(=O)C2CCCN(C(=O)c3cccs3)C2)sc2c1CCCC2. The number of fused-ring (bicyclic) bond motifs is 1. The van der Waals surface area contributed by atoms with Crippen LogP contribution in [0.5, 0.6) is 0 Å². The van der Waals surface area contributed by atoms with Gasteiger partial charge in [0.2, 0.25) is 5.91 Å². The van der Waals surface area contributed by atoms with Crippen LogP contribution >= 0.6 is 22.7 Å². The molecule has 2 aliphatic rings. The van der Waals surface area contributed by atoms with Gasteiger partial charge in [0.15, 0.2) is 0 Å². The summed E-state index contributed by atoms with van der Waals surface area (Å²) in [6, 6.07) is 3.69. The molecule has 2 aromatic rings. The first-order chi connectivity index (χ1) is 16.1. The number of rotatable bonds is 8. The van der Waals surface area contributed by atoms with Gasteiger partial charge in [-0.2, -0.15) is 0 Å². The molecule has 33 heavy (non-hydrogen) atoms. The number of methoxy groups -OCH3 is 1. The van der Waals surface area contributed by atoms with Crippen molar-refractivity contribution in [1.82, 2.24) is 10.2 Å². The van der Waals surface area contributed by atoms with Gasteiger partial charge in [-0.1, -0.05) is 6.07 Å². The van der Waals surface area contributed by atoms with Gasteiger partial charge in [-0.05, 0) is 62.0 Å². The van der Waals surface area contributed by atoms with Gasteiger partial charge in [-0.15, -0.1) is 22.7 Å². The number of nitrogens with zero attached hydrogens (tertiary/aromatic N) is 1. The Bertz CT molecular complexity index is 986. The molecule has 178 valence electrons. The van der Waals surface area contributed by atoms with Crippen LogP contribution in [0.1, 0.15) is 62.6 Å². The lowest BCUT2D eigenvalue weighted by molar-refractivity contribution is -0.121. The molecule has 1 fully saturated rings. The zero-order valence-corrected chi connectivity index (χ0v) is 20.6. The summed E-state index contributed by atoms with van der Waals surface area (Å²) < 4.78 is 5.06. The summed E-state index contributed by atoms with van der Waals surface area (Å²) in [6.45, 7) is 2.20. The summed E-state index contributed by atoms with van der Waals surface area (Å²) in [5.41, 5.74) is 1.71. The third-order valence-electron chi connectivity index (χ3n) is 6.26. The highest BCUT2D eigenvalue weighted by atomic mass is 32.1. The number of amides is 3. The molecule has 3 heterocycles. The van der Waals surface area contributed by atoms with Gasteiger partial charge in [0.25, 0.3) is 11.8 Å². The van der Waals surface area contributed by atoms with Crippen LogP contribution < -0.4 is 10.6 Å². The molecule has 0 saturated carbocycles. The average molecular weight is 490 g/mol. The molecule has 7 nitrogen and oxygen atoms in total. The van der Waals surface area contributed by atoms with Crippen LogP contribution in [0.4, 0.5) is 5.00 Å². The normalized spacial score (nSPS) is 18.0. The predicted molar refractivity (Wildman–Crippen MR) is 131 cm³/mol. The standard InChI is InChI=1S/C24H31N3O4S2/c1-31-13-6-11-25-22(29)20-17-8-2-3-9-18(17)33-23(20)26-21(28)16-7-4-12-27(15-16)24(30)19-10-5-14-32-19/h5,10,14,16H,2-4,6-9,11-13,15H2,1H3,(H,25,29)(H,26,28). The lowest BCUT2D eigenvalue weighted by Gasteiger charge is -2.31. The molecule has 3 amide bonds. The number of carbonyl (C=O) groups excluding carboxylic acids is 3. The number of aryl methyl sites for hydroxylation is 1. The molecule has 0 bridgehead atoms. The van der Waals surface area contributed by atoms with Gasteiger partial charge < -0.3 is 20.3 Å². The first kappa shape index (κ1) is 23.9. The fourth-order valence-electron chi connectivity index (χ4n) is 4.55. The van der Waals surface area contributed by atoms with E-state index < -0.39 is 0 Å². The van der Waals surface area contributed by atoms with E-state index in [0.717, 1.165) is 50.5 Å². The lowest BCUT2D eigenvalue weighted by Crippen LogP contribution is -2.43. The van der Waals surface area contributed by atoms with Crippen LogP contribution in [0.3, 0.4) is 0 Å². The molecule has 1 atom stereocenters. The topological polar surface area (TPSA) is 87.7 Å². The second kappa shape index (κ2) is 11.3. The van der Waals surface area contributed by atoms with Crippen molar-refractivity contribution >= 4 is 45.4 Å². The maximum atomic E-state index is 13.2. The summed E-state index contributed by atoms with van der Waals surface area (Å²) in [5, 5.41) is 8.60. The van der Waals surface area contributed by atoms with E-state index in [1.807, 2.05) is 17.5 Å². The molecule has 1 unspecified atom stereocenters. The fraction of sp³-hybridized carbons (Fsp3) is 0.542. The summed E-state index contributed by atoms with van der Waals surface area (Å²) in [7, 11) is 1.64. The zero-order chi connectivity index (χ0) is 23.2. The van der Waals surface area contributed by atoms with Crippen molar-refractivity contribution in [3.8, 4) is 0 Å². The molecule has 1 saturated heterocycles. The Balaban J connectivity index is 1.46. The van der Waals surface area contributed by atoms with E-state index in [-0.39, 0.29) is 23.6 Å². The maximum Gasteiger partial charge on any atom is 0.263 e. The van der Waals surface area contributed by atoms with Crippen molar-refractivity contribution in [2.24, 2.45) is 5.92 Å². The Kier molecular flexibility index (Phi) is 8.16. The summed E-state index contributed by atoms with van der Waals surface area (Å²) in [5.74, 6) is -0.519. The van der Waals surface area contributed by atoms with Gasteiger partial charge in [-0.3, -0.25) is 14.4 Å². The Morgan fingerprint density at radius 2 is 2.06 bits per heavy atom. The average Bonchev–Trinajstić information content (AvgIpc) is 3.49. The van der Waals surface area contributed by atoms with Crippen LogP contribution in [0.15, 0.2) is 17.5 Å². The molecule has 1 aliphatic heterocycles. The third kappa shape index (κ3) is 5.65. The fourth-order valence-corrected chi connectivity index (χ4v) is 6.53. The number of piperidine rings is 1. The quantitative estimate of drug-likeness (QED) is 0.550. The summed E-state index contributed by atoms with van der Waals surface area (Å²) in [6.07, 6.45) is 6.27. The molecule has 4 rings (SSSR count). The van der Waals surface area contributed by atoms with Crippen LogP contribution in [0.2, 0.25) is 0 Å². The van der Waals surface area contributed by atoms with Gasteiger partial charge in [0, 0.05) is 38.2 Å². The summed E-state index contributed by atoms with van der Waals surface area (Å²) >= 11 is 2.96. The number of likely N-dealkylation sites (tertiary alicyclic amines) is 1. The minimum atomic E-state index is -0.278. The van der Waals surface area contributed by atoms with E-state index in [1.54, 1.807) is 12.0 Å². The van der Waals surface area contributed by atoms with Crippen molar-refractivity contribution in [1.29, 1.82) is 0 Å². The van der Waals surface area contributed by atoms with E-state index in [0.29, 0.717) is 41.7 Å². The summed E-state index contributed by atoms with van der Waals surface area (Å²) in [4.78, 5) is 42.7. The number of carbonyl (C=O) groups is 3. The molecule has 2 aromatic heterocycles. The van der Waals surface area contributed by atoms with Crippen molar-refractivity contribution in [3.63, 3.8) is 0 Å². The van der Waals surface area contributed by atoms with E-state index in [2.05, 4.69) is 10.6 Å². The number of anilines is 1. The number of nitrogens with one attached hydrogen (secondary N) is 2. The molecule has 9 heteroatoms. The molecule has 1 aliphatic carbocycles.